The second kappa shape index (κ2) is 6.31. The fraction of sp³-hybridized carbons (Fsp3) is 0.0714. The maximum absolute atomic E-state index is 11.3. The number of carboxylic acid groups (broad SMARTS) is 1. The van der Waals surface area contributed by atoms with Gasteiger partial charge >= 0.3 is 5.97 Å². The van der Waals surface area contributed by atoms with E-state index in [0.29, 0.717) is 11.4 Å². The number of hydrogen-bond acceptors (Lipinski definition) is 5. The number of rotatable bonds is 5. The largest absolute Gasteiger partial charge is 0.497 e. The zero-order chi connectivity index (χ0) is 16.3. The topological polar surface area (TPSA) is 102 Å². The third-order valence-corrected chi connectivity index (χ3v) is 3.17. The number of ether oxygens (including phenoxy) is 1. The number of halogens is 1. The highest BCUT2D eigenvalue weighted by atomic mass is 35.5. The van der Waals surface area contributed by atoms with Gasteiger partial charge in [-0.2, -0.15) is 0 Å². The second-order valence-electron chi connectivity index (χ2n) is 4.27. The summed E-state index contributed by atoms with van der Waals surface area (Å²) >= 11 is 5.84. The zero-order valence-corrected chi connectivity index (χ0v) is 12.1. The number of hydrogen-bond donors (Lipinski definition) is 2. The lowest BCUT2D eigenvalue weighted by Crippen LogP contribution is -2.05. The number of benzene rings is 2. The van der Waals surface area contributed by atoms with E-state index >= 15 is 0 Å². The van der Waals surface area contributed by atoms with E-state index in [1.54, 1.807) is 24.3 Å². The van der Waals surface area contributed by atoms with Crippen LogP contribution in [-0.4, -0.2) is 23.1 Å². The Hall–Kier alpha value is -2.80. The molecule has 0 saturated carbocycles. The van der Waals surface area contributed by atoms with E-state index in [1.165, 1.54) is 7.11 Å². The highest BCUT2D eigenvalue weighted by molar-refractivity contribution is 6.34. The Labute approximate surface area is 130 Å². The predicted octanol–water partition coefficient (Wildman–Crippen LogP) is 3.70. The Kier molecular flexibility index (Phi) is 4.47. The van der Waals surface area contributed by atoms with Crippen LogP contribution in [0.15, 0.2) is 36.4 Å². The number of carboxylic acids is 1. The number of nitro benzene ring substituents is 1. The predicted molar refractivity (Wildman–Crippen MR) is 81.3 cm³/mol. The van der Waals surface area contributed by atoms with E-state index in [0.717, 1.165) is 12.1 Å². The summed E-state index contributed by atoms with van der Waals surface area (Å²) in [6.07, 6.45) is 0. The van der Waals surface area contributed by atoms with Crippen molar-refractivity contribution < 1.29 is 19.6 Å². The molecule has 8 heteroatoms. The van der Waals surface area contributed by atoms with Crippen LogP contribution in [0.3, 0.4) is 0 Å². The number of nitrogens with one attached hydrogen (secondary N) is 1. The van der Waals surface area contributed by atoms with Gasteiger partial charge in [0.1, 0.15) is 11.3 Å². The zero-order valence-electron chi connectivity index (χ0n) is 11.4. The van der Waals surface area contributed by atoms with Crippen LogP contribution in [0.4, 0.5) is 17.1 Å². The van der Waals surface area contributed by atoms with Crippen molar-refractivity contribution in [2.75, 3.05) is 12.4 Å². The van der Waals surface area contributed by atoms with Crippen molar-refractivity contribution >= 4 is 34.6 Å². The molecule has 0 aliphatic rings. The third kappa shape index (κ3) is 3.26. The minimum atomic E-state index is -1.28. The molecule has 0 radical (unpaired) electrons. The summed E-state index contributed by atoms with van der Waals surface area (Å²) in [4.78, 5) is 21.5. The van der Waals surface area contributed by atoms with Crippen molar-refractivity contribution in [1.82, 2.24) is 0 Å². The molecule has 0 atom stereocenters. The molecule has 0 fully saturated rings. The lowest BCUT2D eigenvalue weighted by Gasteiger charge is -2.11. The molecule has 7 nitrogen and oxygen atoms in total. The summed E-state index contributed by atoms with van der Waals surface area (Å²) in [5.74, 6) is -0.656. The number of anilines is 2. The van der Waals surface area contributed by atoms with Gasteiger partial charge < -0.3 is 15.2 Å². The molecule has 2 N–H and O–H groups in total. The van der Waals surface area contributed by atoms with Crippen molar-refractivity contribution in [2.45, 2.75) is 0 Å². The highest BCUT2D eigenvalue weighted by Crippen LogP contribution is 2.32. The van der Waals surface area contributed by atoms with Gasteiger partial charge in [0, 0.05) is 17.8 Å². The first-order chi connectivity index (χ1) is 10.4. The summed E-state index contributed by atoms with van der Waals surface area (Å²) in [5, 5.41) is 22.7. The van der Waals surface area contributed by atoms with Gasteiger partial charge in [0.05, 0.1) is 22.7 Å². The molecule has 0 aromatic heterocycles. The Morgan fingerprint density at radius 3 is 2.45 bits per heavy atom. The standard InChI is InChI=1S/C14H11ClN2O5/c1-22-10-4-2-8(3-5-10)16-12-7-9(17(20)21)6-11(15)13(12)14(18)19/h2-7,16H,1H3,(H,18,19). The van der Waals surface area contributed by atoms with E-state index < -0.39 is 10.9 Å². The van der Waals surface area contributed by atoms with Gasteiger partial charge in [0.2, 0.25) is 0 Å². The number of nitro groups is 1. The molecule has 0 saturated heterocycles. The van der Waals surface area contributed by atoms with Crippen molar-refractivity contribution in [3.8, 4) is 5.75 Å². The van der Waals surface area contributed by atoms with E-state index in [1.807, 2.05) is 0 Å². The molecule has 0 unspecified atom stereocenters. The quantitative estimate of drug-likeness (QED) is 0.643. The minimum Gasteiger partial charge on any atom is -0.497 e. The summed E-state index contributed by atoms with van der Waals surface area (Å²) in [5.41, 5.74) is 0.0471. The lowest BCUT2D eigenvalue weighted by atomic mass is 10.1. The Morgan fingerprint density at radius 2 is 1.95 bits per heavy atom. The molecule has 2 aromatic carbocycles. The third-order valence-electron chi connectivity index (χ3n) is 2.87. The monoisotopic (exact) mass is 322 g/mol. The van der Waals surface area contributed by atoms with Crippen LogP contribution in [0.2, 0.25) is 5.02 Å². The Morgan fingerprint density at radius 1 is 1.32 bits per heavy atom. The average Bonchev–Trinajstić information content (AvgIpc) is 2.47. The van der Waals surface area contributed by atoms with Gasteiger partial charge in [0.15, 0.2) is 0 Å². The maximum Gasteiger partial charge on any atom is 0.339 e. The number of non-ortho nitro benzene ring substituents is 1. The summed E-state index contributed by atoms with van der Waals surface area (Å²) in [6.45, 7) is 0. The Balaban J connectivity index is 2.46. The van der Waals surface area contributed by atoms with Crippen LogP contribution in [0.25, 0.3) is 0 Å². The van der Waals surface area contributed by atoms with Crippen molar-refractivity contribution in [3.63, 3.8) is 0 Å². The van der Waals surface area contributed by atoms with Gasteiger partial charge in [0.25, 0.3) is 5.69 Å². The van der Waals surface area contributed by atoms with Gasteiger partial charge in [-0.15, -0.1) is 0 Å². The molecular weight excluding hydrogens is 312 g/mol. The maximum atomic E-state index is 11.3. The molecule has 0 spiro atoms. The van der Waals surface area contributed by atoms with Crippen LogP contribution >= 0.6 is 11.6 Å². The van der Waals surface area contributed by atoms with Gasteiger partial charge in [-0.1, -0.05) is 11.6 Å². The van der Waals surface area contributed by atoms with E-state index in [2.05, 4.69) is 5.32 Å². The van der Waals surface area contributed by atoms with Crippen LogP contribution in [0.1, 0.15) is 10.4 Å². The molecule has 0 bridgehead atoms. The molecule has 0 aliphatic heterocycles. The number of aromatic carboxylic acids is 1. The van der Waals surface area contributed by atoms with Crippen LogP contribution in [-0.2, 0) is 0 Å². The summed E-state index contributed by atoms with van der Waals surface area (Å²) in [6, 6.07) is 8.77. The number of methoxy groups -OCH3 is 1. The minimum absolute atomic E-state index is 0.0388. The molecule has 0 heterocycles. The molecule has 0 aliphatic carbocycles. The fourth-order valence-electron chi connectivity index (χ4n) is 1.84. The van der Waals surface area contributed by atoms with E-state index in [9.17, 15) is 20.0 Å². The highest BCUT2D eigenvalue weighted by Gasteiger charge is 2.20. The first-order valence-corrected chi connectivity index (χ1v) is 6.42. The average molecular weight is 323 g/mol. The molecular formula is C14H11ClN2O5. The van der Waals surface area contributed by atoms with Crippen molar-refractivity contribution in [2.24, 2.45) is 0 Å². The molecule has 114 valence electrons. The number of nitrogens with zero attached hydrogens (tertiary/aromatic N) is 1. The van der Waals surface area contributed by atoms with Crippen molar-refractivity contribution in [1.29, 1.82) is 0 Å². The smallest absolute Gasteiger partial charge is 0.339 e. The molecule has 22 heavy (non-hydrogen) atoms. The normalized spacial score (nSPS) is 10.1. The fourth-order valence-corrected chi connectivity index (χ4v) is 2.14. The van der Waals surface area contributed by atoms with E-state index in [4.69, 9.17) is 16.3 Å². The lowest BCUT2D eigenvalue weighted by molar-refractivity contribution is -0.384. The van der Waals surface area contributed by atoms with Gasteiger partial charge in [-0.25, -0.2) is 4.79 Å². The van der Waals surface area contributed by atoms with Crippen LogP contribution in [0.5, 0.6) is 5.75 Å². The summed E-state index contributed by atoms with van der Waals surface area (Å²) < 4.78 is 5.02. The van der Waals surface area contributed by atoms with Crippen molar-refractivity contribution in [3.05, 3.63) is 57.1 Å². The van der Waals surface area contributed by atoms with E-state index in [-0.39, 0.29) is 22.0 Å². The molecule has 0 amide bonds. The Bertz CT molecular complexity index is 731. The summed E-state index contributed by atoms with van der Waals surface area (Å²) in [7, 11) is 1.52. The molecule has 2 rings (SSSR count). The first-order valence-electron chi connectivity index (χ1n) is 6.04. The van der Waals surface area contributed by atoms with Gasteiger partial charge in [-0.05, 0) is 24.3 Å². The second-order valence-corrected chi connectivity index (χ2v) is 4.67. The van der Waals surface area contributed by atoms with Gasteiger partial charge in [-0.3, -0.25) is 10.1 Å². The first kappa shape index (κ1) is 15.6. The SMILES string of the molecule is COc1ccc(Nc2cc([N+](=O)[O-])cc(Cl)c2C(=O)O)cc1. The van der Waals surface area contributed by atoms with Crippen LogP contribution < -0.4 is 10.1 Å². The van der Waals surface area contributed by atoms with Crippen LogP contribution in [0, 0.1) is 10.1 Å². The molecule has 2 aromatic rings. The number of carbonyl (C=O) groups is 1.